The number of hydrogen-bond donors (Lipinski definition) is 1. The molecule has 0 amide bonds. The first-order valence-corrected chi connectivity index (χ1v) is 9.20. The zero-order valence-electron chi connectivity index (χ0n) is 14.2. The van der Waals surface area contributed by atoms with E-state index in [9.17, 15) is 0 Å². The number of rotatable bonds is 17. The SMILES string of the molecule is CCCCCCCCCCCCOCCCNCCC. The van der Waals surface area contributed by atoms with Crippen LogP contribution >= 0.6 is 0 Å². The average Bonchev–Trinajstić information content (AvgIpc) is 2.47. The van der Waals surface area contributed by atoms with Crippen LogP contribution in [0.1, 0.15) is 90.9 Å². The van der Waals surface area contributed by atoms with Crippen molar-refractivity contribution < 1.29 is 4.74 Å². The van der Waals surface area contributed by atoms with Crippen LogP contribution in [-0.4, -0.2) is 26.3 Å². The van der Waals surface area contributed by atoms with Gasteiger partial charge in [-0.3, -0.25) is 0 Å². The van der Waals surface area contributed by atoms with Crippen LogP contribution in [-0.2, 0) is 4.74 Å². The largest absolute Gasteiger partial charge is 0.381 e. The van der Waals surface area contributed by atoms with Gasteiger partial charge in [-0.25, -0.2) is 0 Å². The van der Waals surface area contributed by atoms with Crippen molar-refractivity contribution in [3.05, 3.63) is 0 Å². The molecule has 2 nitrogen and oxygen atoms in total. The molecule has 0 saturated heterocycles. The van der Waals surface area contributed by atoms with Crippen LogP contribution in [0.3, 0.4) is 0 Å². The summed E-state index contributed by atoms with van der Waals surface area (Å²) in [5.74, 6) is 0. The van der Waals surface area contributed by atoms with Crippen LogP contribution in [0.5, 0.6) is 0 Å². The van der Waals surface area contributed by atoms with Gasteiger partial charge in [0.25, 0.3) is 0 Å². The number of nitrogens with one attached hydrogen (secondary N) is 1. The maximum Gasteiger partial charge on any atom is 0.0478 e. The lowest BCUT2D eigenvalue weighted by molar-refractivity contribution is 0.127. The topological polar surface area (TPSA) is 21.3 Å². The van der Waals surface area contributed by atoms with Gasteiger partial charge in [0.1, 0.15) is 0 Å². The highest BCUT2D eigenvalue weighted by molar-refractivity contribution is 4.48. The van der Waals surface area contributed by atoms with E-state index in [2.05, 4.69) is 19.2 Å². The van der Waals surface area contributed by atoms with E-state index < -0.39 is 0 Å². The predicted molar refractivity (Wildman–Crippen MR) is 90.4 cm³/mol. The van der Waals surface area contributed by atoms with Crippen LogP contribution in [0, 0.1) is 0 Å². The van der Waals surface area contributed by atoms with Crippen molar-refractivity contribution in [1.29, 1.82) is 0 Å². The second-order valence-corrected chi connectivity index (χ2v) is 5.90. The molecule has 122 valence electrons. The maximum atomic E-state index is 5.65. The summed E-state index contributed by atoms with van der Waals surface area (Å²) in [7, 11) is 0. The molecule has 0 aromatic carbocycles. The Morgan fingerprint density at radius 3 is 1.70 bits per heavy atom. The van der Waals surface area contributed by atoms with Crippen LogP contribution in [0.25, 0.3) is 0 Å². The fourth-order valence-electron chi connectivity index (χ4n) is 2.39. The summed E-state index contributed by atoms with van der Waals surface area (Å²) in [5, 5.41) is 3.40. The molecule has 0 spiro atoms. The van der Waals surface area contributed by atoms with E-state index in [1.807, 2.05) is 0 Å². The van der Waals surface area contributed by atoms with Gasteiger partial charge in [-0.2, -0.15) is 0 Å². The van der Waals surface area contributed by atoms with E-state index in [-0.39, 0.29) is 0 Å². The Hall–Kier alpha value is -0.0800. The lowest BCUT2D eigenvalue weighted by atomic mass is 10.1. The molecule has 2 heteroatoms. The third-order valence-electron chi connectivity index (χ3n) is 3.71. The molecular formula is C18H39NO. The smallest absolute Gasteiger partial charge is 0.0478 e. The summed E-state index contributed by atoms with van der Waals surface area (Å²) in [5.41, 5.74) is 0. The van der Waals surface area contributed by atoms with Crippen LogP contribution in [0.2, 0.25) is 0 Å². The van der Waals surface area contributed by atoms with Crippen molar-refractivity contribution in [3.63, 3.8) is 0 Å². The highest BCUT2D eigenvalue weighted by Gasteiger charge is 1.93. The Morgan fingerprint density at radius 1 is 0.550 bits per heavy atom. The minimum Gasteiger partial charge on any atom is -0.381 e. The van der Waals surface area contributed by atoms with Gasteiger partial charge in [0, 0.05) is 13.2 Å². The van der Waals surface area contributed by atoms with Gasteiger partial charge >= 0.3 is 0 Å². The summed E-state index contributed by atoms with van der Waals surface area (Å²) in [6, 6.07) is 0. The maximum absolute atomic E-state index is 5.65. The Kier molecular flexibility index (Phi) is 18.8. The molecule has 0 aromatic heterocycles. The Morgan fingerprint density at radius 2 is 1.10 bits per heavy atom. The fraction of sp³-hybridized carbons (Fsp3) is 1.00. The Bertz CT molecular complexity index is 143. The molecule has 0 rings (SSSR count). The van der Waals surface area contributed by atoms with Crippen molar-refractivity contribution >= 4 is 0 Å². The van der Waals surface area contributed by atoms with Gasteiger partial charge in [-0.15, -0.1) is 0 Å². The van der Waals surface area contributed by atoms with Gasteiger partial charge < -0.3 is 10.1 Å². The van der Waals surface area contributed by atoms with Gasteiger partial charge in [0.2, 0.25) is 0 Å². The average molecular weight is 286 g/mol. The van der Waals surface area contributed by atoms with Crippen molar-refractivity contribution in [3.8, 4) is 0 Å². The van der Waals surface area contributed by atoms with Crippen LogP contribution in [0.15, 0.2) is 0 Å². The summed E-state index contributed by atoms with van der Waals surface area (Å²) >= 11 is 0. The minimum absolute atomic E-state index is 0.925. The standard InChI is InChI=1S/C18H39NO/c1-3-5-6-7-8-9-10-11-12-13-17-20-18-14-16-19-15-4-2/h19H,3-18H2,1-2H3. The number of hydrogen-bond acceptors (Lipinski definition) is 2. The second-order valence-electron chi connectivity index (χ2n) is 5.90. The van der Waals surface area contributed by atoms with Crippen molar-refractivity contribution in [2.75, 3.05) is 26.3 Å². The van der Waals surface area contributed by atoms with Crippen LogP contribution in [0.4, 0.5) is 0 Å². The van der Waals surface area contributed by atoms with E-state index in [1.54, 1.807) is 0 Å². The van der Waals surface area contributed by atoms with Crippen molar-refractivity contribution in [1.82, 2.24) is 5.32 Å². The molecule has 0 fully saturated rings. The monoisotopic (exact) mass is 285 g/mol. The van der Waals surface area contributed by atoms with Crippen LogP contribution < -0.4 is 5.32 Å². The molecule has 0 atom stereocenters. The zero-order chi connectivity index (χ0) is 14.7. The third kappa shape index (κ3) is 17.9. The van der Waals surface area contributed by atoms with Gasteiger partial charge in [-0.05, 0) is 32.4 Å². The van der Waals surface area contributed by atoms with E-state index in [0.29, 0.717) is 0 Å². The second kappa shape index (κ2) is 18.9. The molecule has 0 bridgehead atoms. The number of ether oxygens (including phenoxy) is 1. The van der Waals surface area contributed by atoms with Gasteiger partial charge in [0.15, 0.2) is 0 Å². The Labute approximate surface area is 128 Å². The first-order valence-electron chi connectivity index (χ1n) is 9.20. The molecule has 0 unspecified atom stereocenters. The lowest BCUT2D eigenvalue weighted by Crippen LogP contribution is -2.17. The summed E-state index contributed by atoms with van der Waals surface area (Å²) in [4.78, 5) is 0. The molecular weight excluding hydrogens is 246 g/mol. The highest BCUT2D eigenvalue weighted by atomic mass is 16.5. The third-order valence-corrected chi connectivity index (χ3v) is 3.71. The summed E-state index contributed by atoms with van der Waals surface area (Å²) < 4.78 is 5.65. The first-order chi connectivity index (χ1) is 9.91. The number of unbranched alkanes of at least 4 members (excludes halogenated alkanes) is 9. The Balaban J connectivity index is 2.89. The zero-order valence-corrected chi connectivity index (χ0v) is 14.2. The molecule has 0 saturated carbocycles. The summed E-state index contributed by atoms with van der Waals surface area (Å²) in [6.45, 7) is 8.61. The van der Waals surface area contributed by atoms with Crippen molar-refractivity contribution in [2.24, 2.45) is 0 Å². The van der Waals surface area contributed by atoms with E-state index in [4.69, 9.17) is 4.74 Å². The predicted octanol–water partition coefficient (Wildman–Crippen LogP) is 5.31. The lowest BCUT2D eigenvalue weighted by Gasteiger charge is -2.05. The molecule has 0 aromatic rings. The molecule has 20 heavy (non-hydrogen) atoms. The summed E-state index contributed by atoms with van der Waals surface area (Å²) in [6.07, 6.45) is 16.3. The van der Waals surface area contributed by atoms with Gasteiger partial charge in [0.05, 0.1) is 0 Å². The van der Waals surface area contributed by atoms with Crippen molar-refractivity contribution in [2.45, 2.75) is 90.9 Å². The fourth-order valence-corrected chi connectivity index (χ4v) is 2.39. The molecule has 0 aliphatic carbocycles. The van der Waals surface area contributed by atoms with E-state index in [1.165, 1.54) is 70.6 Å². The highest BCUT2D eigenvalue weighted by Crippen LogP contribution is 2.10. The minimum atomic E-state index is 0.925. The molecule has 0 aliphatic heterocycles. The molecule has 0 radical (unpaired) electrons. The van der Waals surface area contributed by atoms with E-state index >= 15 is 0 Å². The quantitative estimate of drug-likeness (QED) is 0.365. The van der Waals surface area contributed by atoms with E-state index in [0.717, 1.165) is 32.7 Å². The van der Waals surface area contributed by atoms with Gasteiger partial charge in [-0.1, -0.05) is 71.6 Å². The normalized spacial score (nSPS) is 11.1. The molecule has 1 N–H and O–H groups in total. The molecule has 0 heterocycles. The first kappa shape index (κ1) is 19.9. The molecule has 0 aliphatic rings.